The summed E-state index contributed by atoms with van der Waals surface area (Å²) in [5.41, 5.74) is 0. The van der Waals surface area contributed by atoms with E-state index in [0.717, 1.165) is 6.54 Å². The molecular weight excluding hydrogens is 166 g/mol. The molecule has 0 aromatic rings. The summed E-state index contributed by atoms with van der Waals surface area (Å²) in [6.45, 7) is 7.72. The Balaban J connectivity index is 2.47. The zero-order valence-electron chi connectivity index (χ0n) is 8.54. The summed E-state index contributed by atoms with van der Waals surface area (Å²) in [6.07, 6.45) is 0.406. The summed E-state index contributed by atoms with van der Waals surface area (Å²) in [6, 6.07) is 0. The van der Waals surface area contributed by atoms with Gasteiger partial charge in [0.25, 0.3) is 5.91 Å². The highest BCUT2D eigenvalue weighted by molar-refractivity contribution is 6.37. The molecule has 74 valence electrons. The lowest BCUT2D eigenvalue weighted by Crippen LogP contribution is -2.33. The maximum Gasteiger partial charge on any atom is 0.290 e. The van der Waals surface area contributed by atoms with Crippen molar-refractivity contribution in [1.29, 1.82) is 0 Å². The number of amides is 1. The van der Waals surface area contributed by atoms with Crippen LogP contribution in [0.4, 0.5) is 0 Å². The summed E-state index contributed by atoms with van der Waals surface area (Å²) in [5, 5.41) is 0. The van der Waals surface area contributed by atoms with E-state index in [4.69, 9.17) is 0 Å². The molecule has 1 heterocycles. The van der Waals surface area contributed by atoms with Gasteiger partial charge in [-0.25, -0.2) is 0 Å². The van der Waals surface area contributed by atoms with Crippen LogP contribution in [0, 0.1) is 11.8 Å². The Morgan fingerprint density at radius 1 is 1.31 bits per heavy atom. The molecule has 3 heteroatoms. The van der Waals surface area contributed by atoms with Crippen molar-refractivity contribution < 1.29 is 9.59 Å². The molecule has 0 bridgehead atoms. The molecule has 0 N–H and O–H groups in total. The Bertz CT molecular complexity index is 223. The minimum absolute atomic E-state index is 0.226. The number of nitrogens with zero attached hydrogens (tertiary/aromatic N) is 1. The van der Waals surface area contributed by atoms with Crippen LogP contribution < -0.4 is 0 Å². The highest BCUT2D eigenvalue weighted by Gasteiger charge is 2.30. The van der Waals surface area contributed by atoms with E-state index in [1.54, 1.807) is 4.90 Å². The molecule has 0 aromatic carbocycles. The number of carbonyl (C=O) groups is 2. The minimum Gasteiger partial charge on any atom is -0.335 e. The Morgan fingerprint density at radius 2 is 1.92 bits per heavy atom. The summed E-state index contributed by atoms with van der Waals surface area (Å²) in [7, 11) is 0. The quantitative estimate of drug-likeness (QED) is 0.614. The number of rotatable bonds is 3. The molecule has 3 nitrogen and oxygen atoms in total. The number of Topliss-reactive ketones (excluding diaryl/α,β-unsaturated/α-hetero) is 1. The van der Waals surface area contributed by atoms with Gasteiger partial charge in [0.05, 0.1) is 0 Å². The summed E-state index contributed by atoms with van der Waals surface area (Å²) >= 11 is 0. The van der Waals surface area contributed by atoms with Gasteiger partial charge >= 0.3 is 0 Å². The van der Waals surface area contributed by atoms with Crippen molar-refractivity contribution >= 4 is 11.7 Å². The first-order valence-corrected chi connectivity index (χ1v) is 4.84. The highest BCUT2D eigenvalue weighted by Crippen LogP contribution is 2.15. The topological polar surface area (TPSA) is 37.4 Å². The van der Waals surface area contributed by atoms with Crippen LogP contribution in [-0.2, 0) is 9.59 Å². The highest BCUT2D eigenvalue weighted by atomic mass is 16.2. The molecule has 1 aliphatic heterocycles. The standard InChI is InChI=1S/C10H17NO2/c1-7(2)8(3)6-11-5-4-9(12)10(11)13/h7-8H,4-6H2,1-3H3. The van der Waals surface area contributed by atoms with Gasteiger partial charge in [-0.3, -0.25) is 9.59 Å². The van der Waals surface area contributed by atoms with Gasteiger partial charge in [0, 0.05) is 19.5 Å². The van der Waals surface area contributed by atoms with E-state index in [-0.39, 0.29) is 11.7 Å². The second-order valence-electron chi connectivity index (χ2n) is 4.15. The van der Waals surface area contributed by atoms with Crippen molar-refractivity contribution in [2.75, 3.05) is 13.1 Å². The van der Waals surface area contributed by atoms with Gasteiger partial charge in [-0.15, -0.1) is 0 Å². The summed E-state index contributed by atoms with van der Waals surface area (Å²) in [4.78, 5) is 23.9. The molecule has 0 aromatic heterocycles. The van der Waals surface area contributed by atoms with Crippen LogP contribution in [0.1, 0.15) is 27.2 Å². The molecular formula is C10H17NO2. The van der Waals surface area contributed by atoms with E-state index in [9.17, 15) is 9.59 Å². The Hall–Kier alpha value is -0.860. The molecule has 1 unspecified atom stereocenters. The van der Waals surface area contributed by atoms with E-state index in [2.05, 4.69) is 20.8 Å². The van der Waals surface area contributed by atoms with Gasteiger partial charge in [-0.1, -0.05) is 20.8 Å². The summed E-state index contributed by atoms with van der Waals surface area (Å²) in [5.74, 6) is 0.516. The van der Waals surface area contributed by atoms with Gasteiger partial charge in [0.15, 0.2) is 0 Å². The maximum absolute atomic E-state index is 11.2. The van der Waals surface area contributed by atoms with Crippen molar-refractivity contribution in [3.8, 4) is 0 Å². The van der Waals surface area contributed by atoms with Crippen LogP contribution in [0.5, 0.6) is 0 Å². The lowest BCUT2D eigenvalue weighted by Gasteiger charge is -2.22. The second-order valence-corrected chi connectivity index (χ2v) is 4.15. The third-order valence-electron chi connectivity index (χ3n) is 2.78. The average molecular weight is 183 g/mol. The van der Waals surface area contributed by atoms with Crippen LogP contribution in [0.15, 0.2) is 0 Å². The minimum atomic E-state index is -0.285. The zero-order valence-corrected chi connectivity index (χ0v) is 8.54. The van der Waals surface area contributed by atoms with Gasteiger partial charge in [-0.2, -0.15) is 0 Å². The van der Waals surface area contributed by atoms with Crippen LogP contribution in [0.25, 0.3) is 0 Å². The molecule has 1 aliphatic rings. The summed E-state index contributed by atoms with van der Waals surface area (Å²) < 4.78 is 0. The third kappa shape index (κ3) is 2.29. The molecule has 13 heavy (non-hydrogen) atoms. The van der Waals surface area contributed by atoms with Gasteiger partial charge in [-0.05, 0) is 11.8 Å². The van der Waals surface area contributed by atoms with Crippen molar-refractivity contribution in [3.05, 3.63) is 0 Å². The molecule has 0 spiro atoms. The fourth-order valence-corrected chi connectivity index (χ4v) is 1.35. The van der Waals surface area contributed by atoms with Crippen molar-refractivity contribution in [3.63, 3.8) is 0 Å². The number of hydrogen-bond donors (Lipinski definition) is 0. The lowest BCUT2D eigenvalue weighted by molar-refractivity contribution is -0.140. The van der Waals surface area contributed by atoms with Gasteiger partial charge in [0.1, 0.15) is 0 Å². The van der Waals surface area contributed by atoms with E-state index >= 15 is 0 Å². The second kappa shape index (κ2) is 3.90. The van der Waals surface area contributed by atoms with E-state index < -0.39 is 0 Å². The predicted octanol–water partition coefficient (Wildman–Crippen LogP) is 1.08. The van der Waals surface area contributed by atoms with Gasteiger partial charge in [0.2, 0.25) is 5.78 Å². The SMILES string of the molecule is CC(C)C(C)CN1CCC(=O)C1=O. The smallest absolute Gasteiger partial charge is 0.290 e. The fraction of sp³-hybridized carbons (Fsp3) is 0.800. The molecule has 1 saturated heterocycles. The van der Waals surface area contributed by atoms with Gasteiger partial charge < -0.3 is 4.90 Å². The van der Waals surface area contributed by atoms with E-state index in [1.807, 2.05) is 0 Å². The largest absolute Gasteiger partial charge is 0.335 e. The Kier molecular flexibility index (Phi) is 3.07. The Morgan fingerprint density at radius 3 is 2.31 bits per heavy atom. The monoisotopic (exact) mass is 183 g/mol. The number of hydrogen-bond acceptors (Lipinski definition) is 2. The molecule has 1 atom stereocenters. The molecule has 1 rings (SSSR count). The lowest BCUT2D eigenvalue weighted by atomic mass is 9.98. The zero-order chi connectivity index (χ0) is 10.0. The van der Waals surface area contributed by atoms with Crippen LogP contribution in [-0.4, -0.2) is 29.7 Å². The molecule has 0 radical (unpaired) electrons. The van der Waals surface area contributed by atoms with E-state index in [0.29, 0.717) is 24.8 Å². The first kappa shape index (κ1) is 10.2. The van der Waals surface area contributed by atoms with Crippen molar-refractivity contribution in [2.24, 2.45) is 11.8 Å². The number of likely N-dealkylation sites (tertiary alicyclic amines) is 1. The normalized spacial score (nSPS) is 20.2. The molecule has 1 fully saturated rings. The molecule has 1 amide bonds. The predicted molar refractivity (Wildman–Crippen MR) is 50.2 cm³/mol. The fourth-order valence-electron chi connectivity index (χ4n) is 1.35. The Labute approximate surface area is 79.1 Å². The maximum atomic E-state index is 11.2. The van der Waals surface area contributed by atoms with Crippen molar-refractivity contribution in [1.82, 2.24) is 4.90 Å². The van der Waals surface area contributed by atoms with Crippen LogP contribution in [0.2, 0.25) is 0 Å². The first-order chi connectivity index (χ1) is 6.02. The number of ketones is 1. The first-order valence-electron chi connectivity index (χ1n) is 4.84. The molecule has 0 aliphatic carbocycles. The van der Waals surface area contributed by atoms with Crippen molar-refractivity contribution in [2.45, 2.75) is 27.2 Å². The molecule has 0 saturated carbocycles. The number of carbonyl (C=O) groups excluding carboxylic acids is 2. The van der Waals surface area contributed by atoms with Crippen LogP contribution in [0.3, 0.4) is 0 Å². The average Bonchev–Trinajstić information content (AvgIpc) is 2.36. The van der Waals surface area contributed by atoms with Crippen LogP contribution >= 0.6 is 0 Å². The third-order valence-corrected chi connectivity index (χ3v) is 2.78. The van der Waals surface area contributed by atoms with E-state index in [1.165, 1.54) is 0 Å².